The Bertz CT molecular complexity index is 908. The van der Waals surface area contributed by atoms with Crippen molar-refractivity contribution in [1.82, 2.24) is 29.9 Å². The van der Waals surface area contributed by atoms with Crippen molar-refractivity contribution in [2.24, 2.45) is 18.0 Å². The lowest BCUT2D eigenvalue weighted by atomic mass is 9.83. The zero-order valence-corrected chi connectivity index (χ0v) is 21.6. The molecule has 7 nitrogen and oxygen atoms in total. The van der Waals surface area contributed by atoms with Gasteiger partial charge in [0.15, 0.2) is 11.8 Å². The van der Waals surface area contributed by atoms with Crippen molar-refractivity contribution >= 4 is 29.9 Å². The first kappa shape index (κ1) is 23.5. The molecule has 0 amide bonds. The maximum Gasteiger partial charge on any atom is 0.194 e. The number of nitrogens with one attached hydrogen (secondary N) is 1. The van der Waals surface area contributed by atoms with Crippen LogP contribution in [0, 0.1) is 12.8 Å². The van der Waals surface area contributed by atoms with E-state index in [9.17, 15) is 0 Å². The van der Waals surface area contributed by atoms with Crippen LogP contribution in [-0.2, 0) is 20.1 Å². The van der Waals surface area contributed by atoms with E-state index in [1.54, 1.807) is 0 Å². The highest BCUT2D eigenvalue weighted by Gasteiger charge is 2.42. The Morgan fingerprint density at radius 1 is 1.09 bits per heavy atom. The summed E-state index contributed by atoms with van der Waals surface area (Å²) in [6, 6.07) is 12.2. The molecule has 5 rings (SSSR count). The first-order valence-corrected chi connectivity index (χ1v) is 11.9. The average Bonchev–Trinajstić information content (AvgIpc) is 3.60. The van der Waals surface area contributed by atoms with Crippen molar-refractivity contribution < 1.29 is 0 Å². The van der Waals surface area contributed by atoms with Gasteiger partial charge in [0.05, 0.1) is 13.1 Å². The minimum absolute atomic E-state index is 0. The third-order valence-corrected chi connectivity index (χ3v) is 7.27. The molecule has 0 spiro atoms. The molecule has 2 aromatic rings. The van der Waals surface area contributed by atoms with Gasteiger partial charge in [0.2, 0.25) is 0 Å². The summed E-state index contributed by atoms with van der Waals surface area (Å²) in [5.74, 6) is 3.63. The Balaban J connectivity index is 0.00000245. The summed E-state index contributed by atoms with van der Waals surface area (Å²) in [6.07, 6.45) is 6.76. The number of benzene rings is 1. The summed E-state index contributed by atoms with van der Waals surface area (Å²) in [4.78, 5) is 10.4. The molecule has 1 aromatic heterocycles. The van der Waals surface area contributed by atoms with Crippen LogP contribution in [-0.4, -0.2) is 62.2 Å². The van der Waals surface area contributed by atoms with E-state index in [0.717, 1.165) is 48.7 Å². The third kappa shape index (κ3) is 5.27. The van der Waals surface area contributed by atoms with Gasteiger partial charge >= 0.3 is 0 Å². The van der Waals surface area contributed by atoms with E-state index < -0.39 is 0 Å². The van der Waals surface area contributed by atoms with Crippen LogP contribution >= 0.6 is 24.0 Å². The minimum Gasteiger partial charge on any atom is -0.349 e. The van der Waals surface area contributed by atoms with Gasteiger partial charge in [-0.25, -0.2) is 4.99 Å². The molecule has 2 saturated heterocycles. The predicted octanol–water partition coefficient (Wildman–Crippen LogP) is 3.34. The van der Waals surface area contributed by atoms with E-state index in [-0.39, 0.29) is 24.0 Å². The molecule has 1 aliphatic carbocycles. The number of fused-ring (bicyclic) bond motifs is 1. The maximum absolute atomic E-state index is 5.03. The van der Waals surface area contributed by atoms with E-state index in [1.807, 2.05) is 18.5 Å². The molecule has 1 aromatic carbocycles. The molecule has 2 unspecified atom stereocenters. The van der Waals surface area contributed by atoms with E-state index >= 15 is 0 Å². The molecular formula is C24H36IN7. The Kier molecular flexibility index (Phi) is 7.70. The van der Waals surface area contributed by atoms with E-state index in [2.05, 4.69) is 55.6 Å². The quantitative estimate of drug-likeness (QED) is 0.352. The lowest BCUT2D eigenvalue weighted by molar-refractivity contribution is 0.0369. The number of aliphatic imine (C=N–C) groups is 1. The highest BCUT2D eigenvalue weighted by atomic mass is 127. The maximum atomic E-state index is 5.03. The van der Waals surface area contributed by atoms with Crippen molar-refractivity contribution in [3.8, 4) is 0 Å². The molecule has 2 aliphatic heterocycles. The smallest absolute Gasteiger partial charge is 0.194 e. The molecule has 1 N–H and O–H groups in total. The largest absolute Gasteiger partial charge is 0.349 e. The second-order valence-corrected chi connectivity index (χ2v) is 9.37. The summed E-state index contributed by atoms with van der Waals surface area (Å²) in [5.41, 5.74) is 1.24. The van der Waals surface area contributed by atoms with Crippen molar-refractivity contribution in [2.75, 3.05) is 19.6 Å². The second-order valence-electron chi connectivity index (χ2n) is 9.37. The van der Waals surface area contributed by atoms with Gasteiger partial charge in [-0.3, -0.25) is 4.90 Å². The van der Waals surface area contributed by atoms with Crippen molar-refractivity contribution in [2.45, 2.75) is 64.2 Å². The molecule has 3 aliphatic rings. The molecule has 0 radical (unpaired) electrons. The molecule has 1 saturated carbocycles. The Morgan fingerprint density at radius 3 is 2.62 bits per heavy atom. The van der Waals surface area contributed by atoms with Crippen LogP contribution in [0.25, 0.3) is 0 Å². The number of piperidine rings is 2. The number of rotatable bonds is 5. The number of halogens is 1. The normalized spacial score (nSPS) is 24.1. The molecule has 0 bridgehead atoms. The first-order valence-electron chi connectivity index (χ1n) is 11.9. The SMILES string of the molecule is Cc1nnc(CNC(=NCc2ccccc2)N2CCC3C(CCCN3C3CC3)C2)n1C.I. The number of guanidine groups is 1. The lowest BCUT2D eigenvalue weighted by Gasteiger charge is -2.48. The summed E-state index contributed by atoms with van der Waals surface area (Å²) in [7, 11) is 2.02. The van der Waals surface area contributed by atoms with Crippen molar-refractivity contribution in [3.05, 3.63) is 47.5 Å². The summed E-state index contributed by atoms with van der Waals surface area (Å²) in [6.45, 7) is 6.81. The van der Waals surface area contributed by atoms with Gasteiger partial charge in [-0.05, 0) is 57.1 Å². The zero-order chi connectivity index (χ0) is 21.2. The number of hydrogen-bond donors (Lipinski definition) is 1. The van der Waals surface area contributed by atoms with Gasteiger partial charge in [-0.1, -0.05) is 30.3 Å². The first-order chi connectivity index (χ1) is 15.2. The van der Waals surface area contributed by atoms with Gasteiger partial charge in [0.1, 0.15) is 5.82 Å². The average molecular weight is 550 g/mol. The Hall–Kier alpha value is -1.68. The molecule has 32 heavy (non-hydrogen) atoms. The van der Waals surface area contributed by atoms with Gasteiger partial charge in [0.25, 0.3) is 0 Å². The second kappa shape index (κ2) is 10.5. The third-order valence-electron chi connectivity index (χ3n) is 7.27. The minimum atomic E-state index is 0. The molecule has 3 fully saturated rings. The number of aryl methyl sites for hydroxylation is 1. The molecule has 3 heterocycles. The van der Waals surface area contributed by atoms with Crippen molar-refractivity contribution in [3.63, 3.8) is 0 Å². The van der Waals surface area contributed by atoms with Gasteiger partial charge < -0.3 is 14.8 Å². The fourth-order valence-electron chi connectivity index (χ4n) is 5.27. The van der Waals surface area contributed by atoms with E-state index in [0.29, 0.717) is 13.1 Å². The monoisotopic (exact) mass is 549 g/mol. The van der Waals surface area contributed by atoms with Crippen molar-refractivity contribution in [1.29, 1.82) is 0 Å². The Labute approximate surface area is 208 Å². The Morgan fingerprint density at radius 2 is 1.91 bits per heavy atom. The summed E-state index contributed by atoms with van der Waals surface area (Å²) in [5, 5.41) is 12.1. The standard InChI is InChI=1S/C24H35N7.HI/c1-18-27-28-23(29(18)2)16-26-24(25-15-19-7-4-3-5-8-19)30-14-12-22-20(17-30)9-6-13-31(22)21-10-11-21;/h3-5,7-8,20-22H,6,9-17H2,1-2H3,(H,25,26);1H. The fraction of sp³-hybridized carbons (Fsp3) is 0.625. The van der Waals surface area contributed by atoms with Crippen LogP contribution in [0.3, 0.4) is 0 Å². The predicted molar refractivity (Wildman–Crippen MR) is 138 cm³/mol. The van der Waals surface area contributed by atoms with Crippen LogP contribution in [0.4, 0.5) is 0 Å². The van der Waals surface area contributed by atoms with Gasteiger partial charge in [-0.2, -0.15) is 0 Å². The molecular weight excluding hydrogens is 513 g/mol. The van der Waals surface area contributed by atoms with Crippen LogP contribution in [0.15, 0.2) is 35.3 Å². The lowest BCUT2D eigenvalue weighted by Crippen LogP contribution is -2.57. The topological polar surface area (TPSA) is 61.6 Å². The highest BCUT2D eigenvalue weighted by molar-refractivity contribution is 14.0. The van der Waals surface area contributed by atoms with Gasteiger partial charge in [-0.15, -0.1) is 34.2 Å². The van der Waals surface area contributed by atoms with Gasteiger partial charge in [0, 0.05) is 32.2 Å². The van der Waals surface area contributed by atoms with Crippen LogP contribution in [0.2, 0.25) is 0 Å². The molecule has 2 atom stereocenters. The van der Waals surface area contributed by atoms with Crippen LogP contribution < -0.4 is 5.32 Å². The molecule has 174 valence electrons. The van der Waals surface area contributed by atoms with E-state index in [4.69, 9.17) is 4.99 Å². The summed E-state index contributed by atoms with van der Waals surface area (Å²) >= 11 is 0. The number of hydrogen-bond acceptors (Lipinski definition) is 4. The number of aromatic nitrogens is 3. The number of nitrogens with zero attached hydrogens (tertiary/aromatic N) is 6. The summed E-state index contributed by atoms with van der Waals surface area (Å²) < 4.78 is 2.04. The highest BCUT2D eigenvalue weighted by Crippen LogP contribution is 2.38. The fourth-order valence-corrected chi connectivity index (χ4v) is 5.27. The van der Waals surface area contributed by atoms with Crippen LogP contribution in [0.1, 0.15) is 49.3 Å². The number of likely N-dealkylation sites (tertiary alicyclic amines) is 2. The zero-order valence-electron chi connectivity index (χ0n) is 19.3. The molecule has 8 heteroatoms. The van der Waals surface area contributed by atoms with E-state index in [1.165, 1.54) is 44.2 Å². The van der Waals surface area contributed by atoms with Crippen LogP contribution in [0.5, 0.6) is 0 Å².